The van der Waals surface area contributed by atoms with Gasteiger partial charge < -0.3 is 29.7 Å². The number of anilines is 5. The fraction of sp³-hybridized carbons (Fsp3) is 0.419. The highest BCUT2D eigenvalue weighted by atomic mass is 32.2. The molecule has 2 saturated heterocycles. The first-order chi connectivity index (χ1) is 20.7. The van der Waals surface area contributed by atoms with E-state index in [1.54, 1.807) is 31.4 Å². The lowest BCUT2D eigenvalue weighted by Crippen LogP contribution is -2.52. The van der Waals surface area contributed by atoms with Gasteiger partial charge in [0.05, 0.1) is 28.9 Å². The second kappa shape index (κ2) is 12.0. The van der Waals surface area contributed by atoms with E-state index >= 15 is 0 Å². The second-order valence-electron chi connectivity index (χ2n) is 11.5. The lowest BCUT2D eigenvalue weighted by molar-refractivity contribution is 0.0982. The number of sulfone groups is 1. The highest BCUT2D eigenvalue weighted by molar-refractivity contribution is 7.90. The molecule has 2 aliphatic rings. The van der Waals surface area contributed by atoms with Crippen LogP contribution in [0.15, 0.2) is 59.6 Å². The predicted molar refractivity (Wildman–Crippen MR) is 172 cm³/mol. The average molecular weight is 605 g/mol. The van der Waals surface area contributed by atoms with Gasteiger partial charge in [-0.3, -0.25) is 4.90 Å². The molecule has 228 valence electrons. The maximum Gasteiger partial charge on any atom is 0.229 e. The Balaban J connectivity index is 1.22. The number of nitrogens with one attached hydrogen (secondary N) is 2. The molecule has 2 fully saturated rings. The Morgan fingerprint density at radius 3 is 2.35 bits per heavy atom. The minimum absolute atomic E-state index is 0.204. The van der Waals surface area contributed by atoms with Crippen LogP contribution in [0.2, 0.25) is 0 Å². The van der Waals surface area contributed by atoms with E-state index in [2.05, 4.69) is 44.5 Å². The fourth-order valence-corrected chi connectivity index (χ4v) is 6.98. The van der Waals surface area contributed by atoms with Crippen molar-refractivity contribution in [3.63, 3.8) is 0 Å². The Kier molecular flexibility index (Phi) is 8.17. The van der Waals surface area contributed by atoms with Crippen LogP contribution < -0.4 is 20.3 Å². The Labute approximate surface area is 253 Å². The van der Waals surface area contributed by atoms with E-state index in [-0.39, 0.29) is 4.90 Å². The standard InChI is InChI=1S/C31H40N8O3S/c1-36-17-19-39(20-18-36)22-11-15-38(16-12-22)23-9-10-24(27(21-23)42-3)33-31-34-26-13-14-37(2)29(26)30(35-31)32-25-7-5-6-8-28(25)43(4,40)41/h5-10,13-14,21-22H,11-12,15-20H2,1-4H3,(H2,32,33,34,35). The number of fused-ring (bicyclic) bond motifs is 1. The van der Waals surface area contributed by atoms with Crippen LogP contribution in [0.1, 0.15) is 12.8 Å². The van der Waals surface area contributed by atoms with Crippen molar-refractivity contribution in [3.8, 4) is 5.75 Å². The molecule has 0 aliphatic carbocycles. The number of aryl methyl sites for hydroxylation is 1. The SMILES string of the molecule is COc1cc(N2CCC(N3CCN(C)CC3)CC2)ccc1Nc1nc(Nc2ccccc2S(C)(=O)=O)c2c(ccn2C)n1. The van der Waals surface area contributed by atoms with E-state index in [0.29, 0.717) is 29.2 Å². The monoisotopic (exact) mass is 604 g/mol. The molecule has 0 unspecified atom stereocenters. The summed E-state index contributed by atoms with van der Waals surface area (Å²) in [5.41, 5.74) is 3.82. The molecule has 12 heteroatoms. The molecule has 11 nitrogen and oxygen atoms in total. The Morgan fingerprint density at radius 2 is 1.63 bits per heavy atom. The molecule has 0 amide bonds. The Morgan fingerprint density at radius 1 is 0.884 bits per heavy atom. The molecule has 43 heavy (non-hydrogen) atoms. The van der Waals surface area contributed by atoms with Crippen LogP contribution in [0.4, 0.5) is 28.8 Å². The van der Waals surface area contributed by atoms with Crippen molar-refractivity contribution >= 4 is 49.7 Å². The Bertz CT molecular complexity index is 1710. The highest BCUT2D eigenvalue weighted by Crippen LogP contribution is 2.35. The smallest absolute Gasteiger partial charge is 0.229 e. The number of nitrogens with zero attached hydrogens (tertiary/aromatic N) is 6. The molecular formula is C31H40N8O3S. The van der Waals surface area contributed by atoms with Gasteiger partial charge in [-0.2, -0.15) is 4.98 Å². The number of piperazine rings is 1. The average Bonchev–Trinajstić information content (AvgIpc) is 3.38. The second-order valence-corrected chi connectivity index (χ2v) is 13.5. The summed E-state index contributed by atoms with van der Waals surface area (Å²) in [6.45, 7) is 6.66. The molecule has 4 heterocycles. The maximum absolute atomic E-state index is 12.4. The van der Waals surface area contributed by atoms with E-state index in [0.717, 1.165) is 74.5 Å². The topological polar surface area (TPSA) is 108 Å². The minimum Gasteiger partial charge on any atom is -0.494 e. The van der Waals surface area contributed by atoms with Crippen molar-refractivity contribution in [2.75, 3.05) is 75.2 Å². The van der Waals surface area contributed by atoms with E-state index < -0.39 is 9.84 Å². The zero-order valence-electron chi connectivity index (χ0n) is 25.2. The fourth-order valence-electron chi connectivity index (χ4n) is 6.13. The lowest BCUT2D eigenvalue weighted by atomic mass is 10.0. The number of aromatic nitrogens is 3. The van der Waals surface area contributed by atoms with Crippen LogP contribution in [0.25, 0.3) is 11.0 Å². The number of likely N-dealkylation sites (N-methyl/N-ethyl adjacent to an activating group) is 1. The number of benzene rings is 2. The summed E-state index contributed by atoms with van der Waals surface area (Å²) in [7, 11) is 2.33. The number of para-hydroxylation sites is 1. The molecule has 6 rings (SSSR count). The summed E-state index contributed by atoms with van der Waals surface area (Å²) in [6, 6.07) is 15.6. The van der Waals surface area contributed by atoms with Gasteiger partial charge in [0.15, 0.2) is 15.7 Å². The summed E-state index contributed by atoms with van der Waals surface area (Å²) in [6.07, 6.45) is 5.42. The third-order valence-electron chi connectivity index (χ3n) is 8.57. The van der Waals surface area contributed by atoms with Gasteiger partial charge in [0.2, 0.25) is 5.95 Å². The normalized spacial score (nSPS) is 17.3. The van der Waals surface area contributed by atoms with E-state index in [4.69, 9.17) is 14.7 Å². The molecule has 0 spiro atoms. The van der Waals surface area contributed by atoms with Crippen LogP contribution in [-0.4, -0.2) is 98.5 Å². The molecular weight excluding hydrogens is 564 g/mol. The van der Waals surface area contributed by atoms with Gasteiger partial charge in [0.1, 0.15) is 11.3 Å². The molecule has 0 atom stereocenters. The summed E-state index contributed by atoms with van der Waals surface area (Å²) in [4.78, 5) is 17.2. The van der Waals surface area contributed by atoms with Crippen molar-refractivity contribution in [2.24, 2.45) is 7.05 Å². The molecule has 2 N–H and O–H groups in total. The number of methoxy groups -OCH3 is 1. The van der Waals surface area contributed by atoms with Crippen LogP contribution in [0.5, 0.6) is 5.75 Å². The molecule has 0 saturated carbocycles. The van der Waals surface area contributed by atoms with E-state index in [1.807, 2.05) is 29.9 Å². The predicted octanol–water partition coefficient (Wildman–Crippen LogP) is 4.08. The van der Waals surface area contributed by atoms with Gasteiger partial charge >= 0.3 is 0 Å². The summed E-state index contributed by atoms with van der Waals surface area (Å²) < 4.78 is 32.6. The molecule has 2 aromatic heterocycles. The quantitative estimate of drug-likeness (QED) is 0.306. The van der Waals surface area contributed by atoms with Gasteiger partial charge in [0.25, 0.3) is 0 Å². The lowest BCUT2D eigenvalue weighted by Gasteiger charge is -2.42. The van der Waals surface area contributed by atoms with Gasteiger partial charge in [0, 0.05) is 76.6 Å². The molecule has 0 radical (unpaired) electrons. The van der Waals surface area contributed by atoms with Gasteiger partial charge in [-0.05, 0) is 50.2 Å². The third-order valence-corrected chi connectivity index (χ3v) is 9.73. The molecule has 2 aliphatic heterocycles. The summed E-state index contributed by atoms with van der Waals surface area (Å²) in [5.74, 6) is 1.57. The molecule has 0 bridgehead atoms. The Hall–Kier alpha value is -3.87. The largest absolute Gasteiger partial charge is 0.494 e. The van der Waals surface area contributed by atoms with Crippen LogP contribution in [-0.2, 0) is 16.9 Å². The van der Waals surface area contributed by atoms with Crippen molar-refractivity contribution in [2.45, 2.75) is 23.8 Å². The number of piperidine rings is 1. The number of rotatable bonds is 8. The first kappa shape index (κ1) is 29.2. The van der Waals surface area contributed by atoms with E-state index in [1.165, 1.54) is 6.26 Å². The summed E-state index contributed by atoms with van der Waals surface area (Å²) >= 11 is 0. The van der Waals surface area contributed by atoms with Crippen molar-refractivity contribution in [1.29, 1.82) is 0 Å². The summed E-state index contributed by atoms with van der Waals surface area (Å²) in [5, 5.41) is 6.59. The first-order valence-electron chi connectivity index (χ1n) is 14.7. The van der Waals surface area contributed by atoms with Crippen molar-refractivity contribution in [1.82, 2.24) is 24.3 Å². The number of ether oxygens (including phenoxy) is 1. The zero-order valence-corrected chi connectivity index (χ0v) is 26.1. The van der Waals surface area contributed by atoms with Gasteiger partial charge in [-0.15, -0.1) is 0 Å². The third kappa shape index (κ3) is 6.27. The van der Waals surface area contributed by atoms with Crippen molar-refractivity contribution in [3.05, 3.63) is 54.7 Å². The number of hydrogen-bond donors (Lipinski definition) is 2. The van der Waals surface area contributed by atoms with Crippen LogP contribution in [0.3, 0.4) is 0 Å². The zero-order chi connectivity index (χ0) is 30.1. The minimum atomic E-state index is -3.45. The number of hydrogen-bond acceptors (Lipinski definition) is 10. The van der Waals surface area contributed by atoms with Crippen LogP contribution in [0, 0.1) is 0 Å². The highest BCUT2D eigenvalue weighted by Gasteiger charge is 2.27. The maximum atomic E-state index is 12.4. The van der Waals surface area contributed by atoms with Crippen LogP contribution >= 0.6 is 0 Å². The van der Waals surface area contributed by atoms with Gasteiger partial charge in [-0.25, -0.2) is 13.4 Å². The first-order valence-corrected chi connectivity index (χ1v) is 16.6. The van der Waals surface area contributed by atoms with Gasteiger partial charge in [-0.1, -0.05) is 12.1 Å². The van der Waals surface area contributed by atoms with Crippen molar-refractivity contribution < 1.29 is 13.2 Å². The van der Waals surface area contributed by atoms with E-state index in [9.17, 15) is 8.42 Å². The molecule has 4 aromatic rings. The molecule has 2 aromatic carbocycles.